The topological polar surface area (TPSA) is 138 Å². The van der Waals surface area contributed by atoms with Gasteiger partial charge in [-0.05, 0) is 67.5 Å². The fourth-order valence-corrected chi connectivity index (χ4v) is 4.72. The third-order valence-electron chi connectivity index (χ3n) is 7.07. The molecule has 3 rings (SSSR count). The van der Waals surface area contributed by atoms with Gasteiger partial charge in [-0.3, -0.25) is 4.79 Å². The first-order valence-electron chi connectivity index (χ1n) is 15.0. The summed E-state index contributed by atoms with van der Waals surface area (Å²) in [7, 11) is 0. The number of hydrogen-bond acceptors (Lipinski definition) is 7. The Morgan fingerprint density at radius 1 is 0.976 bits per heavy atom. The number of amides is 2. The van der Waals surface area contributed by atoms with Crippen LogP contribution in [0.15, 0.2) is 42.5 Å². The smallest absolute Gasteiger partial charge is 0.323 e. The number of rotatable bonds is 19. The van der Waals surface area contributed by atoms with Crippen molar-refractivity contribution in [2.24, 2.45) is 0 Å². The molecular weight excluding hydrogens is 538 g/mol. The molecule has 232 valence electrons. The van der Waals surface area contributed by atoms with Crippen LogP contribution in [0.5, 0.6) is 5.75 Å². The number of aliphatic hydroxyl groups excluding tert-OH is 1. The Kier molecular flexibility index (Phi) is 14.0. The molecule has 10 nitrogen and oxygen atoms in total. The molecule has 1 aliphatic heterocycles. The minimum absolute atomic E-state index is 0.354. The molecule has 2 aromatic carbocycles. The van der Waals surface area contributed by atoms with Gasteiger partial charge in [0, 0.05) is 45.7 Å². The second-order valence-electron chi connectivity index (χ2n) is 11.1. The molecule has 42 heavy (non-hydrogen) atoms. The van der Waals surface area contributed by atoms with Crippen molar-refractivity contribution in [3.05, 3.63) is 64.7 Å². The first-order chi connectivity index (χ1) is 20.2. The standard InChI is InChI=1S/C32H47N3O7/c1-32(2)41-23-27-19-25(14-15-29(27)42-32)28(36)21-33-16-8-3-4-9-17-40-18-10-7-12-24-11-5-6-13-26(24)20-34-31(39)35-22-30(37)38/h5-6,11,13-15,19,28,33,36H,3-4,7-10,12,16-18,20-23H2,1-2H3,(H,37,38)(H2,34,35,39)/t28-/m0/s1. The summed E-state index contributed by atoms with van der Waals surface area (Å²) in [5.41, 5.74) is 4.03. The summed E-state index contributed by atoms with van der Waals surface area (Å²) in [4.78, 5) is 22.3. The summed E-state index contributed by atoms with van der Waals surface area (Å²) in [6.07, 6.45) is 6.62. The Labute approximate surface area is 249 Å². The highest BCUT2D eigenvalue weighted by Crippen LogP contribution is 2.32. The van der Waals surface area contributed by atoms with E-state index in [-0.39, 0.29) is 0 Å². The number of fused-ring (bicyclic) bond motifs is 1. The van der Waals surface area contributed by atoms with E-state index in [0.717, 1.165) is 87.1 Å². The highest BCUT2D eigenvalue weighted by atomic mass is 16.7. The van der Waals surface area contributed by atoms with E-state index < -0.39 is 30.4 Å². The number of aryl methyl sites for hydroxylation is 1. The molecule has 1 aliphatic rings. The van der Waals surface area contributed by atoms with Crippen LogP contribution < -0.4 is 20.7 Å². The average molecular weight is 586 g/mol. The molecular formula is C32H47N3O7. The van der Waals surface area contributed by atoms with Crippen LogP contribution in [-0.2, 0) is 33.8 Å². The van der Waals surface area contributed by atoms with Crippen LogP contribution in [0.3, 0.4) is 0 Å². The van der Waals surface area contributed by atoms with E-state index in [4.69, 9.17) is 19.3 Å². The van der Waals surface area contributed by atoms with Gasteiger partial charge in [-0.15, -0.1) is 0 Å². The van der Waals surface area contributed by atoms with Crippen LogP contribution in [0.4, 0.5) is 4.79 Å². The van der Waals surface area contributed by atoms with E-state index in [1.807, 2.05) is 50.2 Å². The second-order valence-corrected chi connectivity index (χ2v) is 11.1. The number of ether oxygens (including phenoxy) is 3. The predicted molar refractivity (Wildman–Crippen MR) is 160 cm³/mol. The number of aliphatic hydroxyl groups is 1. The Hall–Kier alpha value is -3.18. The fourth-order valence-electron chi connectivity index (χ4n) is 4.72. The second kappa shape index (κ2) is 17.7. The zero-order valence-electron chi connectivity index (χ0n) is 25.0. The van der Waals surface area contributed by atoms with Crippen LogP contribution >= 0.6 is 0 Å². The quantitative estimate of drug-likeness (QED) is 0.153. The maximum atomic E-state index is 11.7. The largest absolute Gasteiger partial charge is 0.480 e. The van der Waals surface area contributed by atoms with Crippen molar-refractivity contribution in [3.8, 4) is 5.75 Å². The lowest BCUT2D eigenvalue weighted by molar-refractivity contribution is -0.180. The third kappa shape index (κ3) is 12.4. The SMILES string of the molecule is CC1(C)OCc2cc([C@@H](O)CNCCCCCCOCCCCc3ccccc3CNC(=O)NCC(=O)O)ccc2O1. The van der Waals surface area contributed by atoms with E-state index in [1.54, 1.807) is 0 Å². The molecule has 5 N–H and O–H groups in total. The summed E-state index contributed by atoms with van der Waals surface area (Å²) in [5, 5.41) is 27.5. The molecule has 0 spiro atoms. The van der Waals surface area contributed by atoms with E-state index in [9.17, 15) is 14.7 Å². The van der Waals surface area contributed by atoms with Gasteiger partial charge in [-0.1, -0.05) is 43.2 Å². The number of unbranched alkanes of at least 4 members (excludes halogenated alkanes) is 4. The fraction of sp³-hybridized carbons (Fsp3) is 0.562. The number of carboxylic acid groups (broad SMARTS) is 1. The molecule has 10 heteroatoms. The van der Waals surface area contributed by atoms with Crippen LogP contribution in [-0.4, -0.2) is 60.8 Å². The van der Waals surface area contributed by atoms with Crippen molar-refractivity contribution in [2.75, 3.05) is 32.8 Å². The highest BCUT2D eigenvalue weighted by molar-refractivity contribution is 5.79. The first-order valence-corrected chi connectivity index (χ1v) is 15.0. The van der Waals surface area contributed by atoms with Gasteiger partial charge in [-0.25, -0.2) is 4.79 Å². The summed E-state index contributed by atoms with van der Waals surface area (Å²) < 4.78 is 17.3. The highest BCUT2D eigenvalue weighted by Gasteiger charge is 2.27. The number of hydrogen-bond donors (Lipinski definition) is 5. The number of urea groups is 1. The third-order valence-corrected chi connectivity index (χ3v) is 7.07. The number of carbonyl (C=O) groups excluding carboxylic acids is 1. The van der Waals surface area contributed by atoms with Crippen molar-refractivity contribution in [2.45, 2.75) is 83.8 Å². The van der Waals surface area contributed by atoms with Gasteiger partial charge in [0.1, 0.15) is 12.3 Å². The van der Waals surface area contributed by atoms with Crippen LogP contribution in [0.25, 0.3) is 0 Å². The van der Waals surface area contributed by atoms with Crippen molar-refractivity contribution >= 4 is 12.0 Å². The monoisotopic (exact) mass is 585 g/mol. The van der Waals surface area contributed by atoms with E-state index >= 15 is 0 Å². The van der Waals surface area contributed by atoms with Gasteiger partial charge in [-0.2, -0.15) is 0 Å². The number of carbonyl (C=O) groups is 2. The molecule has 0 bridgehead atoms. The summed E-state index contributed by atoms with van der Waals surface area (Å²) in [6, 6.07) is 13.2. The van der Waals surface area contributed by atoms with Crippen molar-refractivity contribution in [3.63, 3.8) is 0 Å². The number of carboxylic acids is 1. The van der Waals surface area contributed by atoms with Gasteiger partial charge in [0.05, 0.1) is 12.7 Å². The van der Waals surface area contributed by atoms with Crippen LogP contribution in [0, 0.1) is 0 Å². The Bertz CT molecular complexity index is 1130. The van der Waals surface area contributed by atoms with Gasteiger partial charge >= 0.3 is 12.0 Å². The molecule has 0 unspecified atom stereocenters. The molecule has 2 amide bonds. The summed E-state index contributed by atoms with van der Waals surface area (Å²) in [5.74, 6) is -0.882. The Balaban J connectivity index is 1.16. The Morgan fingerprint density at radius 2 is 1.71 bits per heavy atom. The molecule has 0 radical (unpaired) electrons. The van der Waals surface area contributed by atoms with Crippen molar-refractivity contribution in [1.82, 2.24) is 16.0 Å². The molecule has 0 saturated heterocycles. The van der Waals surface area contributed by atoms with Crippen LogP contribution in [0.2, 0.25) is 0 Å². The molecule has 0 aliphatic carbocycles. The summed E-state index contributed by atoms with van der Waals surface area (Å²) >= 11 is 0. The van der Waals surface area contributed by atoms with Gasteiger partial charge < -0.3 is 40.4 Å². The van der Waals surface area contributed by atoms with E-state index in [0.29, 0.717) is 19.7 Å². The predicted octanol–water partition coefficient (Wildman–Crippen LogP) is 4.44. The van der Waals surface area contributed by atoms with Crippen LogP contribution in [0.1, 0.15) is 80.7 Å². The lowest BCUT2D eigenvalue weighted by atomic mass is 10.0. The van der Waals surface area contributed by atoms with Crippen molar-refractivity contribution in [1.29, 1.82) is 0 Å². The zero-order chi connectivity index (χ0) is 30.2. The summed E-state index contributed by atoms with van der Waals surface area (Å²) in [6.45, 7) is 7.09. The lowest BCUT2D eigenvalue weighted by Gasteiger charge is -2.33. The van der Waals surface area contributed by atoms with Gasteiger partial charge in [0.25, 0.3) is 0 Å². The van der Waals surface area contributed by atoms with Crippen molar-refractivity contribution < 1.29 is 34.0 Å². The lowest BCUT2D eigenvalue weighted by Crippen LogP contribution is -2.38. The first kappa shape index (κ1) is 33.3. The molecule has 0 fully saturated rings. The Morgan fingerprint density at radius 3 is 2.50 bits per heavy atom. The maximum Gasteiger partial charge on any atom is 0.323 e. The van der Waals surface area contributed by atoms with E-state index in [1.165, 1.54) is 5.56 Å². The maximum absolute atomic E-state index is 11.7. The van der Waals surface area contributed by atoms with Gasteiger partial charge in [0.15, 0.2) is 0 Å². The molecule has 0 aromatic heterocycles. The molecule has 1 heterocycles. The zero-order valence-corrected chi connectivity index (χ0v) is 25.0. The van der Waals surface area contributed by atoms with E-state index in [2.05, 4.69) is 22.0 Å². The van der Waals surface area contributed by atoms with Gasteiger partial charge in [0.2, 0.25) is 5.79 Å². The molecule has 2 aromatic rings. The number of aliphatic carboxylic acids is 1. The number of benzene rings is 2. The minimum atomic E-state index is -1.08. The number of nitrogens with one attached hydrogen (secondary N) is 3. The molecule has 1 atom stereocenters. The average Bonchev–Trinajstić information content (AvgIpc) is 2.97. The minimum Gasteiger partial charge on any atom is -0.480 e. The molecule has 0 saturated carbocycles. The normalized spacial score (nSPS) is 14.5.